The van der Waals surface area contributed by atoms with Gasteiger partial charge in [0.15, 0.2) is 0 Å². The Balaban J connectivity index is 1.70. The maximum Gasteiger partial charge on any atom is 0.234 e. The second-order valence-corrected chi connectivity index (χ2v) is 7.06. The Hall–Kier alpha value is -2.69. The van der Waals surface area contributed by atoms with E-state index in [4.69, 9.17) is 0 Å². The fourth-order valence-electron chi connectivity index (χ4n) is 2.98. The summed E-state index contributed by atoms with van der Waals surface area (Å²) in [5, 5.41) is 5.75. The molecule has 2 aromatic carbocycles. The SMILES string of the molecule is CC(Cc1ccc(F)cc1)C(=O)Nc1ccc2c(c1)C(C)(C)C(=O)N2. The molecule has 0 aliphatic carbocycles. The Bertz CT molecular complexity index is 828. The number of hydrogen-bond acceptors (Lipinski definition) is 2. The largest absolute Gasteiger partial charge is 0.326 e. The first-order valence-corrected chi connectivity index (χ1v) is 8.28. The first kappa shape index (κ1) is 17.1. The second kappa shape index (κ2) is 6.31. The molecule has 2 aromatic rings. The van der Waals surface area contributed by atoms with Gasteiger partial charge in [0.05, 0.1) is 5.41 Å². The Kier molecular flexibility index (Phi) is 4.33. The van der Waals surface area contributed by atoms with Crippen molar-refractivity contribution in [3.8, 4) is 0 Å². The second-order valence-electron chi connectivity index (χ2n) is 7.06. The highest BCUT2D eigenvalue weighted by molar-refractivity contribution is 6.06. The highest BCUT2D eigenvalue weighted by Crippen LogP contribution is 2.38. The topological polar surface area (TPSA) is 58.2 Å². The van der Waals surface area contributed by atoms with Crippen molar-refractivity contribution in [3.05, 3.63) is 59.4 Å². The lowest BCUT2D eigenvalue weighted by molar-refractivity contribution is -0.120. The van der Waals surface area contributed by atoms with Crippen LogP contribution in [0.5, 0.6) is 0 Å². The first-order chi connectivity index (χ1) is 11.8. The molecular formula is C20H21FN2O2. The number of nitrogens with one attached hydrogen (secondary N) is 2. The number of hydrogen-bond donors (Lipinski definition) is 2. The van der Waals surface area contributed by atoms with Crippen LogP contribution in [-0.4, -0.2) is 11.8 Å². The number of rotatable bonds is 4. The smallest absolute Gasteiger partial charge is 0.234 e. The molecule has 5 heteroatoms. The van der Waals surface area contributed by atoms with E-state index in [1.165, 1.54) is 12.1 Å². The van der Waals surface area contributed by atoms with E-state index in [1.54, 1.807) is 18.2 Å². The summed E-state index contributed by atoms with van der Waals surface area (Å²) in [6.07, 6.45) is 0.530. The molecule has 0 bridgehead atoms. The molecule has 25 heavy (non-hydrogen) atoms. The molecule has 0 aromatic heterocycles. The lowest BCUT2D eigenvalue weighted by atomic mass is 9.86. The number of halogens is 1. The summed E-state index contributed by atoms with van der Waals surface area (Å²) in [4.78, 5) is 24.4. The molecule has 0 saturated heterocycles. The maximum absolute atomic E-state index is 13.0. The molecule has 0 saturated carbocycles. The van der Waals surface area contributed by atoms with Crippen LogP contribution >= 0.6 is 0 Å². The van der Waals surface area contributed by atoms with Crippen LogP contribution < -0.4 is 10.6 Å². The van der Waals surface area contributed by atoms with Crippen LogP contribution in [0.4, 0.5) is 15.8 Å². The summed E-state index contributed by atoms with van der Waals surface area (Å²) in [6.45, 7) is 5.55. The lowest BCUT2D eigenvalue weighted by Gasteiger charge is -2.17. The number of anilines is 2. The average molecular weight is 340 g/mol. The van der Waals surface area contributed by atoms with Crippen LogP contribution in [0.1, 0.15) is 31.9 Å². The van der Waals surface area contributed by atoms with Crippen LogP contribution in [0.25, 0.3) is 0 Å². The van der Waals surface area contributed by atoms with E-state index in [0.29, 0.717) is 12.1 Å². The fraction of sp³-hybridized carbons (Fsp3) is 0.300. The van der Waals surface area contributed by atoms with Gasteiger partial charge in [-0.1, -0.05) is 19.1 Å². The minimum Gasteiger partial charge on any atom is -0.326 e. The molecule has 0 radical (unpaired) electrons. The number of benzene rings is 2. The molecule has 2 amide bonds. The number of carbonyl (C=O) groups is 2. The van der Waals surface area contributed by atoms with Crippen molar-refractivity contribution >= 4 is 23.2 Å². The molecule has 130 valence electrons. The van der Waals surface area contributed by atoms with Gasteiger partial charge in [0, 0.05) is 17.3 Å². The standard InChI is InChI=1S/C20H21FN2O2/c1-12(10-13-4-6-14(21)7-5-13)18(24)22-15-8-9-17-16(11-15)20(2,3)19(25)23-17/h4-9,11-12H,10H2,1-3H3,(H,22,24)(H,23,25). The summed E-state index contributed by atoms with van der Waals surface area (Å²) in [5.74, 6) is -0.703. The van der Waals surface area contributed by atoms with E-state index in [2.05, 4.69) is 10.6 Å². The molecule has 1 unspecified atom stereocenters. The van der Waals surface area contributed by atoms with Gasteiger partial charge in [-0.25, -0.2) is 4.39 Å². The molecule has 0 spiro atoms. The molecule has 3 rings (SSSR count). The van der Waals surface area contributed by atoms with Crippen LogP contribution in [0.3, 0.4) is 0 Å². The zero-order valence-corrected chi connectivity index (χ0v) is 14.5. The van der Waals surface area contributed by atoms with Gasteiger partial charge in [-0.05, 0) is 61.7 Å². The number of fused-ring (bicyclic) bond motifs is 1. The Morgan fingerprint density at radius 2 is 1.88 bits per heavy atom. The molecule has 1 aliphatic heterocycles. The third kappa shape index (κ3) is 3.40. The normalized spacial score (nSPS) is 16.1. The average Bonchev–Trinajstić information content (AvgIpc) is 2.79. The molecule has 0 fully saturated rings. The molecule has 4 nitrogen and oxygen atoms in total. The summed E-state index contributed by atoms with van der Waals surface area (Å²) >= 11 is 0. The highest BCUT2D eigenvalue weighted by Gasteiger charge is 2.38. The van der Waals surface area contributed by atoms with Crippen molar-refractivity contribution < 1.29 is 14.0 Å². The minimum atomic E-state index is -0.615. The van der Waals surface area contributed by atoms with Crippen LogP contribution in [-0.2, 0) is 21.4 Å². The van der Waals surface area contributed by atoms with Crippen LogP contribution in [0, 0.1) is 11.7 Å². The van der Waals surface area contributed by atoms with Crippen molar-refractivity contribution in [2.24, 2.45) is 5.92 Å². The minimum absolute atomic E-state index is 0.0457. The van der Waals surface area contributed by atoms with Crippen molar-refractivity contribution in [2.45, 2.75) is 32.6 Å². The predicted octanol–water partition coefficient (Wildman–Crippen LogP) is 3.87. The van der Waals surface area contributed by atoms with E-state index in [1.807, 2.05) is 32.9 Å². The van der Waals surface area contributed by atoms with Gasteiger partial charge in [0.1, 0.15) is 5.82 Å². The Morgan fingerprint density at radius 1 is 1.20 bits per heavy atom. The monoisotopic (exact) mass is 340 g/mol. The van der Waals surface area contributed by atoms with E-state index in [9.17, 15) is 14.0 Å². The number of carbonyl (C=O) groups excluding carboxylic acids is 2. The van der Waals surface area contributed by atoms with E-state index >= 15 is 0 Å². The summed E-state index contributed by atoms with van der Waals surface area (Å²) < 4.78 is 13.0. The molecular weight excluding hydrogens is 319 g/mol. The quantitative estimate of drug-likeness (QED) is 0.887. The van der Waals surface area contributed by atoms with Gasteiger partial charge in [0.2, 0.25) is 11.8 Å². The molecule has 1 aliphatic rings. The van der Waals surface area contributed by atoms with E-state index in [0.717, 1.165) is 16.8 Å². The van der Waals surface area contributed by atoms with Gasteiger partial charge in [-0.2, -0.15) is 0 Å². The van der Waals surface area contributed by atoms with Crippen molar-refractivity contribution in [2.75, 3.05) is 10.6 Å². The van der Waals surface area contributed by atoms with Gasteiger partial charge < -0.3 is 10.6 Å². The van der Waals surface area contributed by atoms with Crippen LogP contribution in [0.15, 0.2) is 42.5 Å². The maximum atomic E-state index is 13.0. The third-order valence-corrected chi connectivity index (χ3v) is 4.68. The van der Waals surface area contributed by atoms with Crippen LogP contribution in [0.2, 0.25) is 0 Å². The first-order valence-electron chi connectivity index (χ1n) is 8.28. The third-order valence-electron chi connectivity index (χ3n) is 4.68. The highest BCUT2D eigenvalue weighted by atomic mass is 19.1. The zero-order chi connectivity index (χ0) is 18.2. The van der Waals surface area contributed by atoms with Gasteiger partial charge in [-0.3, -0.25) is 9.59 Å². The van der Waals surface area contributed by atoms with Gasteiger partial charge >= 0.3 is 0 Å². The summed E-state index contributed by atoms with van der Waals surface area (Å²) in [5.41, 5.74) is 2.62. The Labute approximate surface area is 146 Å². The molecule has 1 atom stereocenters. The predicted molar refractivity (Wildman–Crippen MR) is 96.0 cm³/mol. The van der Waals surface area contributed by atoms with Crippen molar-refractivity contribution in [1.29, 1.82) is 0 Å². The number of amides is 2. The zero-order valence-electron chi connectivity index (χ0n) is 14.5. The van der Waals surface area contributed by atoms with Crippen molar-refractivity contribution in [3.63, 3.8) is 0 Å². The lowest BCUT2D eigenvalue weighted by Crippen LogP contribution is -2.27. The van der Waals surface area contributed by atoms with E-state index in [-0.39, 0.29) is 23.5 Å². The molecule has 2 N–H and O–H groups in total. The summed E-state index contributed by atoms with van der Waals surface area (Å²) in [7, 11) is 0. The van der Waals surface area contributed by atoms with Crippen molar-refractivity contribution in [1.82, 2.24) is 0 Å². The molecule has 1 heterocycles. The Morgan fingerprint density at radius 3 is 2.56 bits per heavy atom. The van der Waals surface area contributed by atoms with Gasteiger partial charge in [0.25, 0.3) is 0 Å². The fourth-order valence-corrected chi connectivity index (χ4v) is 2.98. The van der Waals surface area contributed by atoms with E-state index < -0.39 is 5.41 Å². The van der Waals surface area contributed by atoms with Gasteiger partial charge in [-0.15, -0.1) is 0 Å². The summed E-state index contributed by atoms with van der Waals surface area (Å²) in [6, 6.07) is 11.6.